The molecule has 1 heterocycles. The zero-order valence-corrected chi connectivity index (χ0v) is 19.8. The van der Waals surface area contributed by atoms with E-state index in [1.54, 1.807) is 6.92 Å². The molecule has 1 N–H and O–H groups in total. The van der Waals surface area contributed by atoms with Crippen LogP contribution in [0.1, 0.15) is 45.1 Å². The molecule has 3 aliphatic rings. The highest BCUT2D eigenvalue weighted by Gasteiger charge is 2.43. The van der Waals surface area contributed by atoms with Crippen molar-refractivity contribution in [2.75, 3.05) is 26.2 Å². The van der Waals surface area contributed by atoms with Crippen LogP contribution in [0.25, 0.3) is 0 Å². The number of sulfonamides is 1. The average molecular weight is 488 g/mol. The Bertz CT molecular complexity index is 977. The van der Waals surface area contributed by atoms with E-state index >= 15 is 0 Å². The van der Waals surface area contributed by atoms with Gasteiger partial charge in [0.1, 0.15) is 0 Å². The molecule has 0 spiro atoms. The fraction of sp³-hybridized carbons (Fsp3) is 0.696. The minimum Gasteiger partial charge on any atom is -0.352 e. The normalized spacial score (nSPS) is 28.6. The highest BCUT2D eigenvalue weighted by molar-refractivity contribution is 7.89. The van der Waals surface area contributed by atoms with Gasteiger partial charge in [0.2, 0.25) is 15.9 Å². The summed E-state index contributed by atoms with van der Waals surface area (Å²) in [5.74, 6) is 1.95. The molecule has 1 aromatic carbocycles. The van der Waals surface area contributed by atoms with Crippen LogP contribution in [0.15, 0.2) is 29.2 Å². The summed E-state index contributed by atoms with van der Waals surface area (Å²) in [5, 5.41) is 3.16. The maximum atomic E-state index is 13.3. The van der Waals surface area contributed by atoms with E-state index in [1.807, 2.05) is 4.90 Å². The maximum absolute atomic E-state index is 13.3. The Morgan fingerprint density at radius 1 is 1.06 bits per heavy atom. The quantitative estimate of drug-likeness (QED) is 0.668. The number of carbonyl (C=O) groups excluding carboxylic acids is 1. The molecule has 3 fully saturated rings. The molecule has 5 unspecified atom stereocenters. The molecule has 184 valence electrons. The lowest BCUT2D eigenvalue weighted by Crippen LogP contribution is -2.56. The fourth-order valence-electron chi connectivity index (χ4n) is 5.92. The third-order valence-corrected chi connectivity index (χ3v) is 9.77. The van der Waals surface area contributed by atoms with Gasteiger partial charge in [-0.2, -0.15) is 17.5 Å². The zero-order valence-electron chi connectivity index (χ0n) is 19.0. The van der Waals surface area contributed by atoms with Crippen LogP contribution in [0, 0.1) is 17.8 Å². The van der Waals surface area contributed by atoms with Crippen LogP contribution in [0.4, 0.5) is 13.2 Å². The number of nitrogens with one attached hydrogen (secondary N) is 1. The molecular formula is C23H32F3N3O3S. The van der Waals surface area contributed by atoms with Gasteiger partial charge >= 0.3 is 6.18 Å². The first-order chi connectivity index (χ1) is 15.5. The molecule has 1 aromatic rings. The van der Waals surface area contributed by atoms with Gasteiger partial charge in [0.05, 0.1) is 16.5 Å². The van der Waals surface area contributed by atoms with E-state index in [4.69, 9.17) is 0 Å². The van der Waals surface area contributed by atoms with Crippen molar-refractivity contribution < 1.29 is 26.4 Å². The predicted octanol–water partition coefficient (Wildman–Crippen LogP) is 3.34. The highest BCUT2D eigenvalue weighted by atomic mass is 32.2. The molecule has 0 radical (unpaired) electrons. The van der Waals surface area contributed by atoms with Gasteiger partial charge in [-0.3, -0.25) is 9.69 Å². The van der Waals surface area contributed by atoms with Crippen LogP contribution in [0.2, 0.25) is 0 Å². The van der Waals surface area contributed by atoms with E-state index in [2.05, 4.69) is 12.2 Å². The summed E-state index contributed by atoms with van der Waals surface area (Å²) in [6.45, 7) is 4.50. The minimum absolute atomic E-state index is 0.0358. The summed E-state index contributed by atoms with van der Waals surface area (Å²) in [5.41, 5.74) is -1.16. The van der Waals surface area contributed by atoms with Crippen LogP contribution < -0.4 is 5.32 Å². The van der Waals surface area contributed by atoms with Crippen molar-refractivity contribution >= 4 is 15.9 Å². The Labute approximate surface area is 193 Å². The molecule has 10 heteroatoms. The summed E-state index contributed by atoms with van der Waals surface area (Å²) >= 11 is 0. The summed E-state index contributed by atoms with van der Waals surface area (Å²) in [7, 11) is -4.29. The number of hydrogen-bond donors (Lipinski definition) is 1. The standard InChI is InChI=1S/C23H32F3N3O3S/c1-15(19-14-17-7-8-18(19)13-17)27-22(30)16(2)28-9-11-29(12-10-28)33(31,32)21-6-4-3-5-20(21)23(24,25)26/h3-6,15-19H,7-14H2,1-2H3,(H,27,30). The number of piperazine rings is 1. The van der Waals surface area contributed by atoms with Crippen molar-refractivity contribution in [1.29, 1.82) is 0 Å². The Morgan fingerprint density at radius 3 is 2.30 bits per heavy atom. The summed E-state index contributed by atoms with van der Waals surface area (Å²) < 4.78 is 67.0. The van der Waals surface area contributed by atoms with Gasteiger partial charge in [0.25, 0.3) is 0 Å². The van der Waals surface area contributed by atoms with E-state index < -0.39 is 32.7 Å². The Hall–Kier alpha value is -1.65. The van der Waals surface area contributed by atoms with Crippen molar-refractivity contribution in [3.8, 4) is 0 Å². The molecule has 4 rings (SSSR count). The molecule has 1 saturated heterocycles. The number of carbonyl (C=O) groups is 1. The molecular weight excluding hydrogens is 455 g/mol. The van der Waals surface area contributed by atoms with Crippen molar-refractivity contribution in [3.05, 3.63) is 29.8 Å². The van der Waals surface area contributed by atoms with Crippen LogP contribution in [0.5, 0.6) is 0 Å². The third kappa shape index (κ3) is 4.93. The SMILES string of the molecule is CC(NC(=O)C(C)N1CCN(S(=O)(=O)c2ccccc2C(F)(F)F)CC1)C1CC2CCC1C2. The number of halogens is 3. The molecule has 2 saturated carbocycles. The molecule has 2 aliphatic carbocycles. The van der Waals surface area contributed by atoms with Gasteiger partial charge in [0.15, 0.2) is 0 Å². The topological polar surface area (TPSA) is 69.7 Å². The first-order valence-corrected chi connectivity index (χ1v) is 13.1. The number of hydrogen-bond acceptors (Lipinski definition) is 4. The van der Waals surface area contributed by atoms with Gasteiger partial charge < -0.3 is 5.32 Å². The smallest absolute Gasteiger partial charge is 0.352 e. The Kier molecular flexibility index (Phi) is 6.81. The molecule has 33 heavy (non-hydrogen) atoms. The predicted molar refractivity (Wildman–Crippen MR) is 118 cm³/mol. The third-order valence-electron chi connectivity index (χ3n) is 7.82. The first kappa shape index (κ1) is 24.5. The lowest BCUT2D eigenvalue weighted by atomic mass is 9.84. The van der Waals surface area contributed by atoms with E-state index in [0.717, 1.165) is 22.4 Å². The molecule has 5 atom stereocenters. The van der Waals surface area contributed by atoms with Crippen LogP contribution in [-0.2, 0) is 21.0 Å². The largest absolute Gasteiger partial charge is 0.417 e. The summed E-state index contributed by atoms with van der Waals surface area (Å²) in [6.07, 6.45) is 0.246. The number of alkyl halides is 3. The number of benzene rings is 1. The van der Waals surface area contributed by atoms with Crippen LogP contribution >= 0.6 is 0 Å². The van der Waals surface area contributed by atoms with Crippen molar-refractivity contribution in [3.63, 3.8) is 0 Å². The Morgan fingerprint density at radius 2 is 1.73 bits per heavy atom. The molecule has 6 nitrogen and oxygen atoms in total. The van der Waals surface area contributed by atoms with E-state index in [1.165, 1.54) is 37.8 Å². The van der Waals surface area contributed by atoms with Crippen molar-refractivity contribution in [1.82, 2.24) is 14.5 Å². The van der Waals surface area contributed by atoms with E-state index in [9.17, 15) is 26.4 Å². The van der Waals surface area contributed by atoms with E-state index in [0.29, 0.717) is 11.8 Å². The second kappa shape index (κ2) is 9.19. The lowest BCUT2D eigenvalue weighted by Gasteiger charge is -2.38. The zero-order chi connectivity index (χ0) is 24.0. The van der Waals surface area contributed by atoms with Gasteiger partial charge in [0, 0.05) is 32.2 Å². The maximum Gasteiger partial charge on any atom is 0.417 e. The highest BCUT2D eigenvalue weighted by Crippen LogP contribution is 2.49. The second-order valence-electron chi connectivity index (χ2n) is 9.75. The van der Waals surface area contributed by atoms with Gasteiger partial charge in [-0.25, -0.2) is 8.42 Å². The van der Waals surface area contributed by atoms with Gasteiger partial charge in [-0.1, -0.05) is 18.6 Å². The van der Waals surface area contributed by atoms with Crippen LogP contribution in [-0.4, -0.2) is 61.8 Å². The number of amides is 1. The number of nitrogens with zero attached hydrogens (tertiary/aromatic N) is 2. The summed E-state index contributed by atoms with van der Waals surface area (Å²) in [6, 6.07) is 3.93. The molecule has 1 aliphatic heterocycles. The molecule has 2 bridgehead atoms. The van der Waals surface area contributed by atoms with Crippen molar-refractivity contribution in [2.24, 2.45) is 17.8 Å². The van der Waals surface area contributed by atoms with Crippen molar-refractivity contribution in [2.45, 2.75) is 62.7 Å². The molecule has 0 aromatic heterocycles. The van der Waals surface area contributed by atoms with E-state index in [-0.39, 0.29) is 38.1 Å². The summed E-state index contributed by atoms with van der Waals surface area (Å²) in [4.78, 5) is 14.0. The van der Waals surface area contributed by atoms with Crippen LogP contribution in [0.3, 0.4) is 0 Å². The number of rotatable bonds is 6. The molecule has 1 amide bonds. The monoisotopic (exact) mass is 487 g/mol. The minimum atomic E-state index is -4.76. The average Bonchev–Trinajstić information content (AvgIpc) is 3.42. The fourth-order valence-corrected chi connectivity index (χ4v) is 7.55. The first-order valence-electron chi connectivity index (χ1n) is 11.7. The second-order valence-corrected chi connectivity index (χ2v) is 11.7. The van der Waals surface area contributed by atoms with Gasteiger partial charge in [-0.15, -0.1) is 0 Å². The van der Waals surface area contributed by atoms with Gasteiger partial charge in [-0.05, 0) is 63.0 Å². The Balaban J connectivity index is 1.35. The lowest BCUT2D eigenvalue weighted by molar-refractivity contribution is -0.140. The number of fused-ring (bicyclic) bond motifs is 2.